The predicted octanol–water partition coefficient (Wildman–Crippen LogP) is 4.26. The third-order valence-corrected chi connectivity index (χ3v) is 7.45. The lowest BCUT2D eigenvalue weighted by atomic mass is 9.96. The van der Waals surface area contributed by atoms with Crippen molar-refractivity contribution in [3.63, 3.8) is 0 Å². The summed E-state index contributed by atoms with van der Waals surface area (Å²) < 4.78 is 24.3. The van der Waals surface area contributed by atoms with Gasteiger partial charge in [-0.05, 0) is 67.4 Å². The van der Waals surface area contributed by atoms with Crippen molar-refractivity contribution in [1.82, 2.24) is 4.57 Å². The van der Waals surface area contributed by atoms with E-state index >= 15 is 0 Å². The molecule has 5 rings (SSSR count). The molecular weight excluding hydrogens is 540 g/mol. The van der Waals surface area contributed by atoms with Crippen molar-refractivity contribution in [2.24, 2.45) is 4.99 Å². The maximum Gasteiger partial charge on any atom is 0.338 e. The average molecular weight is 571 g/mol. The van der Waals surface area contributed by atoms with Gasteiger partial charge >= 0.3 is 5.97 Å². The number of hydrogen-bond donors (Lipinski definition) is 0. The number of hydrogen-bond acceptors (Lipinski definition) is 8. The van der Waals surface area contributed by atoms with Crippen molar-refractivity contribution in [2.75, 3.05) is 26.9 Å². The van der Waals surface area contributed by atoms with E-state index in [0.717, 1.165) is 16.9 Å². The summed E-state index contributed by atoms with van der Waals surface area (Å²) in [5.74, 6) is 1.63. The number of aromatic nitrogens is 1. The van der Waals surface area contributed by atoms with E-state index in [1.165, 1.54) is 11.3 Å². The first-order chi connectivity index (χ1) is 20.0. The number of carbonyl (C=O) groups is 1. The van der Waals surface area contributed by atoms with Crippen molar-refractivity contribution in [1.29, 1.82) is 0 Å². The third kappa shape index (κ3) is 6.25. The summed E-state index contributed by atoms with van der Waals surface area (Å²) in [5, 5.41) is 0. The Kier molecular flexibility index (Phi) is 8.64. The number of thiazole rings is 1. The Balaban J connectivity index is 1.45. The predicted molar refractivity (Wildman–Crippen MR) is 157 cm³/mol. The molecule has 1 aliphatic rings. The molecule has 1 aromatic heterocycles. The fraction of sp³-hybridized carbons (Fsp3) is 0.219. The van der Waals surface area contributed by atoms with Crippen LogP contribution in [-0.2, 0) is 9.53 Å². The van der Waals surface area contributed by atoms with E-state index in [-0.39, 0.29) is 12.2 Å². The minimum absolute atomic E-state index is 0.214. The molecule has 0 N–H and O–H groups in total. The van der Waals surface area contributed by atoms with Crippen molar-refractivity contribution in [3.8, 4) is 17.2 Å². The molecule has 8 nitrogen and oxygen atoms in total. The van der Waals surface area contributed by atoms with E-state index in [0.29, 0.717) is 45.3 Å². The molecule has 0 aliphatic carbocycles. The fourth-order valence-corrected chi connectivity index (χ4v) is 5.62. The molecule has 3 aromatic carbocycles. The largest absolute Gasteiger partial charge is 0.497 e. The highest BCUT2D eigenvalue weighted by atomic mass is 32.1. The van der Waals surface area contributed by atoms with Crippen LogP contribution in [0.4, 0.5) is 0 Å². The number of carbonyl (C=O) groups excluding carboxylic acids is 1. The molecule has 0 amide bonds. The van der Waals surface area contributed by atoms with E-state index in [1.807, 2.05) is 72.8 Å². The van der Waals surface area contributed by atoms with Gasteiger partial charge in [-0.2, -0.15) is 0 Å². The molecule has 0 bridgehead atoms. The van der Waals surface area contributed by atoms with Crippen LogP contribution in [0.2, 0.25) is 0 Å². The summed E-state index contributed by atoms with van der Waals surface area (Å²) in [6, 6.07) is 23.7. The summed E-state index contributed by atoms with van der Waals surface area (Å²) in [6.07, 6.45) is 1.81. The van der Waals surface area contributed by atoms with Crippen LogP contribution in [0.15, 0.2) is 99.9 Å². The molecule has 0 fully saturated rings. The molecule has 4 aromatic rings. The van der Waals surface area contributed by atoms with Gasteiger partial charge in [0.1, 0.15) is 30.5 Å². The molecule has 1 aliphatic heterocycles. The number of benzene rings is 3. The molecule has 0 radical (unpaired) electrons. The number of ether oxygens (including phenoxy) is 4. The Bertz CT molecular complexity index is 1740. The highest BCUT2D eigenvalue weighted by Crippen LogP contribution is 2.31. The summed E-state index contributed by atoms with van der Waals surface area (Å²) in [6.45, 7) is 4.51. The van der Waals surface area contributed by atoms with Crippen LogP contribution in [0.25, 0.3) is 6.08 Å². The first-order valence-corrected chi connectivity index (χ1v) is 14.0. The summed E-state index contributed by atoms with van der Waals surface area (Å²) in [7, 11) is 1.59. The molecule has 0 unspecified atom stereocenters. The number of allylic oxidation sites excluding steroid dienone is 1. The average Bonchev–Trinajstić information content (AvgIpc) is 3.29. The second kappa shape index (κ2) is 12.7. The molecule has 9 heteroatoms. The first-order valence-electron chi connectivity index (χ1n) is 13.2. The molecule has 41 heavy (non-hydrogen) atoms. The van der Waals surface area contributed by atoms with Crippen LogP contribution >= 0.6 is 11.3 Å². The first kappa shape index (κ1) is 27.9. The Morgan fingerprint density at radius 3 is 2.37 bits per heavy atom. The van der Waals surface area contributed by atoms with Gasteiger partial charge in [0.2, 0.25) is 0 Å². The minimum atomic E-state index is -0.683. The van der Waals surface area contributed by atoms with Crippen LogP contribution in [0.5, 0.6) is 17.2 Å². The van der Waals surface area contributed by atoms with E-state index in [4.69, 9.17) is 18.9 Å². The van der Waals surface area contributed by atoms with Crippen molar-refractivity contribution in [2.45, 2.75) is 19.9 Å². The second-order valence-corrected chi connectivity index (χ2v) is 10.2. The maximum atomic E-state index is 13.8. The smallest absolute Gasteiger partial charge is 0.338 e. The lowest BCUT2D eigenvalue weighted by Crippen LogP contribution is -2.39. The fourth-order valence-electron chi connectivity index (χ4n) is 4.57. The number of fused-ring (bicyclic) bond motifs is 1. The van der Waals surface area contributed by atoms with Crippen LogP contribution in [0, 0.1) is 0 Å². The number of para-hydroxylation sites is 1. The summed E-state index contributed by atoms with van der Waals surface area (Å²) in [5.41, 5.74) is 2.17. The van der Waals surface area contributed by atoms with Gasteiger partial charge in [0.15, 0.2) is 4.80 Å². The van der Waals surface area contributed by atoms with E-state index < -0.39 is 12.0 Å². The quantitative estimate of drug-likeness (QED) is 0.209. The molecule has 2 heterocycles. The molecule has 0 saturated carbocycles. The van der Waals surface area contributed by atoms with Crippen LogP contribution in [0.1, 0.15) is 31.0 Å². The van der Waals surface area contributed by atoms with E-state index in [9.17, 15) is 9.59 Å². The minimum Gasteiger partial charge on any atom is -0.497 e. The highest BCUT2D eigenvalue weighted by molar-refractivity contribution is 7.07. The van der Waals surface area contributed by atoms with E-state index in [1.54, 1.807) is 37.7 Å². The lowest BCUT2D eigenvalue weighted by molar-refractivity contribution is -0.139. The number of rotatable bonds is 10. The van der Waals surface area contributed by atoms with Gasteiger partial charge in [0.25, 0.3) is 5.56 Å². The number of esters is 1. The summed E-state index contributed by atoms with van der Waals surface area (Å²) in [4.78, 5) is 32.0. The van der Waals surface area contributed by atoms with Gasteiger partial charge in [0, 0.05) is 0 Å². The topological polar surface area (TPSA) is 88.4 Å². The standard InChI is InChI=1S/C32H30N2O6S/c1-4-38-31(36)28-21(2)33-32-34(29(28)23-13-15-24(37-3)16-14-23)30(35)27(41-32)20-22-9-8-12-26(19-22)40-18-17-39-25-10-6-5-7-11-25/h5-16,19-20,29H,4,17-18H2,1-3H3/b27-20+/t29-/m1/s1. The Morgan fingerprint density at radius 1 is 0.951 bits per heavy atom. The van der Waals surface area contributed by atoms with Crippen LogP contribution in [0.3, 0.4) is 0 Å². The van der Waals surface area contributed by atoms with Gasteiger partial charge in [-0.3, -0.25) is 9.36 Å². The van der Waals surface area contributed by atoms with Gasteiger partial charge in [0.05, 0.1) is 35.6 Å². The Labute approximate surface area is 241 Å². The van der Waals surface area contributed by atoms with Crippen LogP contribution in [-0.4, -0.2) is 37.5 Å². The summed E-state index contributed by atoms with van der Waals surface area (Å²) >= 11 is 1.28. The van der Waals surface area contributed by atoms with Crippen molar-refractivity contribution < 1.29 is 23.7 Å². The molecule has 1 atom stereocenters. The van der Waals surface area contributed by atoms with Gasteiger partial charge in [-0.25, -0.2) is 9.79 Å². The van der Waals surface area contributed by atoms with Gasteiger partial charge < -0.3 is 18.9 Å². The highest BCUT2D eigenvalue weighted by Gasteiger charge is 2.33. The Hall–Kier alpha value is -4.63. The zero-order valence-electron chi connectivity index (χ0n) is 23.0. The molecule has 210 valence electrons. The lowest BCUT2D eigenvalue weighted by Gasteiger charge is -2.24. The van der Waals surface area contributed by atoms with Gasteiger partial charge in [-0.15, -0.1) is 0 Å². The number of methoxy groups -OCH3 is 1. The number of nitrogens with zero attached hydrogens (tertiary/aromatic N) is 2. The molecule has 0 saturated heterocycles. The third-order valence-electron chi connectivity index (χ3n) is 6.47. The van der Waals surface area contributed by atoms with E-state index in [2.05, 4.69) is 4.99 Å². The van der Waals surface area contributed by atoms with Crippen molar-refractivity contribution in [3.05, 3.63) is 121 Å². The molecular formula is C32H30N2O6S. The normalized spacial score (nSPS) is 14.7. The SMILES string of the molecule is CCOC(=O)C1=C(C)N=c2s/c(=C/c3cccc(OCCOc4ccccc4)c3)c(=O)n2[C@@H]1c1ccc(OC)cc1. The Morgan fingerprint density at radius 2 is 1.66 bits per heavy atom. The van der Waals surface area contributed by atoms with Crippen molar-refractivity contribution >= 4 is 23.4 Å². The monoisotopic (exact) mass is 570 g/mol. The maximum absolute atomic E-state index is 13.8. The van der Waals surface area contributed by atoms with Crippen LogP contribution < -0.4 is 29.1 Å². The second-order valence-electron chi connectivity index (χ2n) is 9.16. The van der Waals surface area contributed by atoms with Gasteiger partial charge in [-0.1, -0.05) is 53.8 Å². The zero-order valence-corrected chi connectivity index (χ0v) is 23.9. The molecule has 0 spiro atoms. The zero-order chi connectivity index (χ0) is 28.8.